The summed E-state index contributed by atoms with van der Waals surface area (Å²) in [4.78, 5) is 24.0. The second-order valence-corrected chi connectivity index (χ2v) is 8.09. The molecule has 0 saturated carbocycles. The molecule has 0 aliphatic carbocycles. The molecule has 33 heavy (non-hydrogen) atoms. The average Bonchev–Trinajstić information content (AvgIpc) is 3.31. The molecule has 1 aliphatic rings. The Hall–Kier alpha value is -3.85. The number of nitrogens with zero attached hydrogens (tertiary/aromatic N) is 7. The van der Waals surface area contributed by atoms with E-state index in [0.29, 0.717) is 11.5 Å². The van der Waals surface area contributed by atoms with Crippen LogP contribution in [0.3, 0.4) is 0 Å². The number of morpholine rings is 1. The zero-order valence-electron chi connectivity index (χ0n) is 18.6. The maximum absolute atomic E-state index is 12.6. The summed E-state index contributed by atoms with van der Waals surface area (Å²) in [5.41, 5.74) is 4.05. The summed E-state index contributed by atoms with van der Waals surface area (Å²) in [5.74, 6) is 0.448. The van der Waals surface area contributed by atoms with E-state index in [1.807, 2.05) is 56.8 Å². The van der Waals surface area contributed by atoms with E-state index in [0.717, 1.165) is 48.8 Å². The first kappa shape index (κ1) is 21.0. The van der Waals surface area contributed by atoms with Crippen LogP contribution in [0.15, 0.2) is 66.1 Å². The third-order valence-electron chi connectivity index (χ3n) is 5.86. The van der Waals surface area contributed by atoms with Crippen molar-refractivity contribution in [2.24, 2.45) is 7.05 Å². The summed E-state index contributed by atoms with van der Waals surface area (Å²) < 4.78 is 8.79. The quantitative estimate of drug-likeness (QED) is 0.468. The summed E-state index contributed by atoms with van der Waals surface area (Å²) in [6.45, 7) is 5.11. The summed E-state index contributed by atoms with van der Waals surface area (Å²) in [7, 11) is 1.84. The van der Waals surface area contributed by atoms with Gasteiger partial charge in [-0.3, -0.25) is 9.48 Å². The highest BCUT2D eigenvalue weighted by Crippen LogP contribution is 2.25. The number of aromatic nitrogens is 6. The van der Waals surface area contributed by atoms with Gasteiger partial charge in [-0.05, 0) is 11.6 Å². The molecule has 1 aliphatic heterocycles. The molecule has 3 aromatic heterocycles. The maximum atomic E-state index is 12.6. The minimum Gasteiger partial charge on any atom is -0.378 e. The molecule has 9 nitrogen and oxygen atoms in total. The largest absolute Gasteiger partial charge is 0.378 e. The van der Waals surface area contributed by atoms with E-state index >= 15 is 0 Å². The third kappa shape index (κ3) is 4.40. The Balaban J connectivity index is 1.41. The van der Waals surface area contributed by atoms with Gasteiger partial charge in [-0.1, -0.05) is 25.1 Å². The molecule has 168 valence electrons. The van der Waals surface area contributed by atoms with Crippen molar-refractivity contribution in [3.63, 3.8) is 0 Å². The number of aryl methyl sites for hydroxylation is 1. The SMILES string of the molecule is CC(c1cccc(-c2ncc(N3CCOCC3)cn2)c1)c1nn(-c2cnn(C)c2)ccc1=O. The highest BCUT2D eigenvalue weighted by Gasteiger charge is 2.17. The second-order valence-electron chi connectivity index (χ2n) is 8.09. The Morgan fingerprint density at radius 1 is 1.03 bits per heavy atom. The van der Waals surface area contributed by atoms with Gasteiger partial charge in [0, 0.05) is 43.9 Å². The van der Waals surface area contributed by atoms with Crippen LogP contribution in [-0.2, 0) is 11.8 Å². The first-order valence-corrected chi connectivity index (χ1v) is 10.9. The first-order chi connectivity index (χ1) is 16.1. The van der Waals surface area contributed by atoms with E-state index in [2.05, 4.69) is 25.1 Å². The zero-order valence-corrected chi connectivity index (χ0v) is 18.6. The molecule has 1 saturated heterocycles. The highest BCUT2D eigenvalue weighted by molar-refractivity contribution is 5.58. The average molecular weight is 444 g/mol. The molecule has 0 spiro atoms. The molecule has 0 amide bonds. The minimum absolute atomic E-state index is 0.0980. The molecule has 0 N–H and O–H groups in total. The fourth-order valence-corrected chi connectivity index (χ4v) is 3.95. The lowest BCUT2D eigenvalue weighted by Gasteiger charge is -2.28. The van der Waals surface area contributed by atoms with Gasteiger partial charge in [-0.2, -0.15) is 10.2 Å². The van der Waals surface area contributed by atoms with Crippen molar-refractivity contribution in [2.45, 2.75) is 12.8 Å². The Morgan fingerprint density at radius 2 is 1.82 bits per heavy atom. The van der Waals surface area contributed by atoms with Crippen LogP contribution in [0.4, 0.5) is 5.69 Å². The number of hydrogen-bond donors (Lipinski definition) is 0. The van der Waals surface area contributed by atoms with Crippen LogP contribution in [0.5, 0.6) is 0 Å². The van der Waals surface area contributed by atoms with E-state index in [9.17, 15) is 4.79 Å². The van der Waals surface area contributed by atoms with Crippen molar-refractivity contribution >= 4 is 5.69 Å². The Kier molecular flexibility index (Phi) is 5.70. The van der Waals surface area contributed by atoms with Crippen LogP contribution in [-0.4, -0.2) is 55.8 Å². The van der Waals surface area contributed by atoms with Crippen LogP contribution >= 0.6 is 0 Å². The zero-order chi connectivity index (χ0) is 22.8. The maximum Gasteiger partial charge on any atom is 0.203 e. The normalized spacial score (nSPS) is 14.9. The Labute approximate surface area is 191 Å². The van der Waals surface area contributed by atoms with Crippen molar-refractivity contribution in [1.82, 2.24) is 29.5 Å². The van der Waals surface area contributed by atoms with Gasteiger partial charge >= 0.3 is 0 Å². The molecule has 4 heterocycles. The lowest BCUT2D eigenvalue weighted by Crippen LogP contribution is -2.36. The van der Waals surface area contributed by atoms with Crippen LogP contribution < -0.4 is 10.3 Å². The van der Waals surface area contributed by atoms with Crippen LogP contribution in [0.1, 0.15) is 24.1 Å². The molecule has 1 unspecified atom stereocenters. The fraction of sp³-hybridized carbons (Fsp3) is 0.292. The molecule has 9 heteroatoms. The topological polar surface area (TPSA) is 91.0 Å². The van der Waals surface area contributed by atoms with Crippen molar-refractivity contribution in [3.05, 3.63) is 82.8 Å². The Morgan fingerprint density at radius 3 is 2.55 bits per heavy atom. The lowest BCUT2D eigenvalue weighted by atomic mass is 9.95. The number of hydrogen-bond acceptors (Lipinski definition) is 7. The van der Waals surface area contributed by atoms with Crippen LogP contribution in [0.2, 0.25) is 0 Å². The molecule has 1 fully saturated rings. The molecule has 1 atom stereocenters. The van der Waals surface area contributed by atoms with E-state index < -0.39 is 0 Å². The van der Waals surface area contributed by atoms with Crippen molar-refractivity contribution in [1.29, 1.82) is 0 Å². The van der Waals surface area contributed by atoms with Gasteiger partial charge in [0.15, 0.2) is 5.82 Å². The van der Waals surface area contributed by atoms with Gasteiger partial charge in [0.1, 0.15) is 11.4 Å². The molecule has 4 aromatic rings. The molecule has 1 aromatic carbocycles. The van der Waals surface area contributed by atoms with Crippen molar-refractivity contribution in [3.8, 4) is 17.1 Å². The molecule has 0 radical (unpaired) electrons. The van der Waals surface area contributed by atoms with E-state index in [1.165, 1.54) is 0 Å². The van der Waals surface area contributed by atoms with Crippen LogP contribution in [0, 0.1) is 0 Å². The smallest absolute Gasteiger partial charge is 0.203 e. The standard InChI is InChI=1S/C24H25N7O2/c1-17(23-22(32)6-7-31(28-23)21-15-27-29(2)16-21)18-4-3-5-19(12-18)24-25-13-20(14-26-24)30-8-10-33-11-9-30/h3-7,12-17H,8-11H2,1-2H3. The van der Waals surface area contributed by atoms with Crippen LogP contribution in [0.25, 0.3) is 17.1 Å². The molecule has 0 bridgehead atoms. The summed E-state index contributed by atoms with van der Waals surface area (Å²) in [5, 5.41) is 8.79. The predicted octanol–water partition coefficient (Wildman–Crippen LogP) is 2.41. The number of anilines is 1. The van der Waals surface area contributed by atoms with Gasteiger partial charge in [0.25, 0.3) is 0 Å². The number of ether oxygens (including phenoxy) is 1. The van der Waals surface area contributed by atoms with Gasteiger partial charge in [0.2, 0.25) is 5.43 Å². The van der Waals surface area contributed by atoms with E-state index in [4.69, 9.17) is 4.74 Å². The minimum atomic E-state index is -0.200. The summed E-state index contributed by atoms with van der Waals surface area (Å²) in [6, 6.07) is 9.51. The predicted molar refractivity (Wildman–Crippen MR) is 125 cm³/mol. The van der Waals surface area contributed by atoms with E-state index in [1.54, 1.807) is 27.8 Å². The number of benzene rings is 1. The monoisotopic (exact) mass is 443 g/mol. The Bertz CT molecular complexity index is 1310. The van der Waals surface area contributed by atoms with Crippen molar-refractivity contribution in [2.75, 3.05) is 31.2 Å². The highest BCUT2D eigenvalue weighted by atomic mass is 16.5. The first-order valence-electron chi connectivity index (χ1n) is 10.9. The summed E-state index contributed by atoms with van der Waals surface area (Å²) in [6.07, 6.45) is 8.94. The second kappa shape index (κ2) is 8.95. The molecular formula is C24H25N7O2. The fourth-order valence-electron chi connectivity index (χ4n) is 3.95. The summed E-state index contributed by atoms with van der Waals surface area (Å²) >= 11 is 0. The van der Waals surface area contributed by atoms with Gasteiger partial charge < -0.3 is 9.64 Å². The van der Waals surface area contributed by atoms with Gasteiger partial charge in [-0.15, -0.1) is 0 Å². The molecular weight excluding hydrogens is 418 g/mol. The van der Waals surface area contributed by atoms with Gasteiger partial charge in [0.05, 0.1) is 43.7 Å². The van der Waals surface area contributed by atoms with E-state index in [-0.39, 0.29) is 11.3 Å². The third-order valence-corrected chi connectivity index (χ3v) is 5.86. The number of rotatable bonds is 5. The van der Waals surface area contributed by atoms with Gasteiger partial charge in [-0.25, -0.2) is 14.6 Å². The molecule has 5 rings (SSSR count). The van der Waals surface area contributed by atoms with Crippen molar-refractivity contribution < 1.29 is 4.74 Å². The lowest BCUT2D eigenvalue weighted by molar-refractivity contribution is 0.122.